The van der Waals surface area contributed by atoms with Crippen molar-refractivity contribution in [2.24, 2.45) is 0 Å². The Morgan fingerprint density at radius 3 is 2.50 bits per heavy atom. The first-order valence-corrected chi connectivity index (χ1v) is 11.7. The van der Waals surface area contributed by atoms with Crippen LogP contribution in [0.1, 0.15) is 16.8 Å². The number of nitrogens with one attached hydrogen (secondary N) is 1. The molecule has 158 valence electrons. The van der Waals surface area contributed by atoms with Gasteiger partial charge in [0, 0.05) is 31.1 Å². The maximum Gasteiger partial charge on any atom is 0.273 e. The van der Waals surface area contributed by atoms with E-state index in [2.05, 4.69) is 5.32 Å². The number of benzene rings is 2. The van der Waals surface area contributed by atoms with E-state index in [1.807, 2.05) is 6.07 Å². The summed E-state index contributed by atoms with van der Waals surface area (Å²) in [6.07, 6.45) is 1.81. The number of rotatable bonds is 3. The van der Waals surface area contributed by atoms with Crippen LogP contribution in [0.3, 0.4) is 0 Å². The van der Waals surface area contributed by atoms with Gasteiger partial charge in [0.1, 0.15) is 13.2 Å². The number of hydrazine groups is 1. The van der Waals surface area contributed by atoms with Gasteiger partial charge in [0.2, 0.25) is 0 Å². The van der Waals surface area contributed by atoms with Gasteiger partial charge in [-0.1, -0.05) is 12.1 Å². The van der Waals surface area contributed by atoms with E-state index in [1.165, 1.54) is 17.1 Å². The molecule has 0 atom stereocenters. The number of nitrogens with zero attached hydrogens (tertiary/aromatic N) is 2. The van der Waals surface area contributed by atoms with Crippen LogP contribution in [0.4, 0.5) is 5.69 Å². The Morgan fingerprint density at radius 1 is 1.03 bits per heavy atom. The van der Waals surface area contributed by atoms with Gasteiger partial charge < -0.3 is 14.8 Å². The lowest BCUT2D eigenvalue weighted by Crippen LogP contribution is -2.46. The van der Waals surface area contributed by atoms with Gasteiger partial charge in [0.25, 0.3) is 5.91 Å². The van der Waals surface area contributed by atoms with Crippen molar-refractivity contribution in [1.82, 2.24) is 10.0 Å². The summed E-state index contributed by atoms with van der Waals surface area (Å²) in [5.74, 6) is 0.901. The molecule has 0 aliphatic carbocycles. The molecule has 0 unspecified atom stereocenters. The van der Waals surface area contributed by atoms with Gasteiger partial charge in [-0.2, -0.15) is 0 Å². The number of amides is 1. The summed E-state index contributed by atoms with van der Waals surface area (Å²) >= 11 is 5.53. The molecule has 4 rings (SSSR count). The minimum absolute atomic E-state index is 0.00700. The smallest absolute Gasteiger partial charge is 0.273 e. The molecule has 8 nitrogen and oxygen atoms in total. The maximum atomic E-state index is 13.2. The van der Waals surface area contributed by atoms with Crippen LogP contribution >= 0.6 is 12.2 Å². The molecular formula is C20H21N3O5S2. The number of carbonyl (C=O) groups excluding carboxylic acids is 1. The third-order valence-corrected chi connectivity index (χ3v) is 6.28. The van der Waals surface area contributed by atoms with Gasteiger partial charge >= 0.3 is 0 Å². The standard InChI is InChI=1S/C20H21N3O5S2/c1-30(25,26)18-6-3-2-5-15(18)19(24)22-9-4-10-23(22)20(29)21-14-7-8-16-17(13-14)28-12-11-27-16/h2-3,5-8,13H,4,9-12H2,1H3,(H,21,29). The minimum Gasteiger partial charge on any atom is -0.486 e. The Bertz CT molecular complexity index is 1100. The topological polar surface area (TPSA) is 88.2 Å². The van der Waals surface area contributed by atoms with Crippen molar-refractivity contribution >= 4 is 38.8 Å². The number of thiocarbonyl (C=S) groups is 1. The van der Waals surface area contributed by atoms with E-state index in [0.29, 0.717) is 48.6 Å². The average molecular weight is 448 g/mol. The molecule has 2 heterocycles. The summed E-state index contributed by atoms with van der Waals surface area (Å²) in [5, 5.41) is 6.61. The summed E-state index contributed by atoms with van der Waals surface area (Å²) in [6.45, 7) is 1.98. The van der Waals surface area contributed by atoms with Crippen molar-refractivity contribution in [3.05, 3.63) is 48.0 Å². The highest BCUT2D eigenvalue weighted by molar-refractivity contribution is 7.90. The molecule has 1 N–H and O–H groups in total. The highest BCUT2D eigenvalue weighted by atomic mass is 32.2. The van der Waals surface area contributed by atoms with Gasteiger partial charge in [-0.05, 0) is 42.9 Å². The zero-order valence-corrected chi connectivity index (χ0v) is 18.0. The molecule has 0 aromatic heterocycles. The summed E-state index contributed by atoms with van der Waals surface area (Å²) in [6, 6.07) is 11.6. The molecule has 0 spiro atoms. The first-order chi connectivity index (χ1) is 14.3. The molecule has 1 amide bonds. The monoisotopic (exact) mass is 447 g/mol. The second-order valence-electron chi connectivity index (χ2n) is 6.96. The highest BCUT2D eigenvalue weighted by Gasteiger charge is 2.32. The van der Waals surface area contributed by atoms with E-state index in [1.54, 1.807) is 29.3 Å². The number of anilines is 1. The average Bonchev–Trinajstić information content (AvgIpc) is 3.22. The van der Waals surface area contributed by atoms with Crippen LogP contribution in [0.5, 0.6) is 11.5 Å². The Morgan fingerprint density at radius 2 is 1.73 bits per heavy atom. The Labute approximate surface area is 180 Å². The SMILES string of the molecule is CS(=O)(=O)c1ccccc1C(=O)N1CCCN1C(=S)Nc1ccc2c(c1)OCCO2. The molecule has 2 aliphatic heterocycles. The first-order valence-electron chi connectivity index (χ1n) is 9.43. The normalized spacial score (nSPS) is 15.8. The van der Waals surface area contributed by atoms with Gasteiger partial charge in [0.05, 0.1) is 10.5 Å². The molecule has 0 radical (unpaired) electrons. The van der Waals surface area contributed by atoms with Gasteiger partial charge in [-0.15, -0.1) is 0 Å². The van der Waals surface area contributed by atoms with Crippen LogP contribution in [0, 0.1) is 0 Å². The van der Waals surface area contributed by atoms with Gasteiger partial charge in [-0.3, -0.25) is 9.80 Å². The van der Waals surface area contributed by atoms with Crippen LogP contribution in [-0.4, -0.2) is 62.0 Å². The Kier molecular flexibility index (Phi) is 5.52. The van der Waals surface area contributed by atoms with Crippen molar-refractivity contribution in [2.75, 3.05) is 37.9 Å². The number of hydrogen-bond donors (Lipinski definition) is 1. The van der Waals surface area contributed by atoms with Crippen LogP contribution in [0.2, 0.25) is 0 Å². The van der Waals surface area contributed by atoms with Crippen molar-refractivity contribution < 1.29 is 22.7 Å². The molecule has 30 heavy (non-hydrogen) atoms. The number of hydrogen-bond acceptors (Lipinski definition) is 6. The van der Waals surface area contributed by atoms with Crippen molar-refractivity contribution in [1.29, 1.82) is 0 Å². The van der Waals surface area contributed by atoms with Crippen molar-refractivity contribution in [3.8, 4) is 11.5 Å². The molecule has 2 aromatic rings. The molecule has 1 fully saturated rings. The third kappa shape index (κ3) is 4.05. The molecule has 2 aromatic carbocycles. The van der Waals surface area contributed by atoms with Crippen LogP contribution in [0.25, 0.3) is 0 Å². The van der Waals surface area contributed by atoms with Crippen LogP contribution in [0.15, 0.2) is 47.4 Å². The number of ether oxygens (including phenoxy) is 2. The molecule has 10 heteroatoms. The minimum atomic E-state index is -3.54. The Hall–Kier alpha value is -2.85. The molecule has 0 saturated carbocycles. The van der Waals surface area contributed by atoms with E-state index in [4.69, 9.17) is 21.7 Å². The van der Waals surface area contributed by atoms with Crippen LogP contribution < -0.4 is 14.8 Å². The Balaban J connectivity index is 1.54. The van der Waals surface area contributed by atoms with Gasteiger partial charge in [-0.25, -0.2) is 13.4 Å². The van der Waals surface area contributed by atoms with E-state index >= 15 is 0 Å². The lowest BCUT2D eigenvalue weighted by molar-refractivity contribution is 0.0497. The van der Waals surface area contributed by atoms with Gasteiger partial charge in [0.15, 0.2) is 26.4 Å². The third-order valence-electron chi connectivity index (χ3n) is 4.81. The fourth-order valence-corrected chi connectivity index (χ4v) is 4.64. The maximum absolute atomic E-state index is 13.2. The zero-order valence-electron chi connectivity index (χ0n) is 16.3. The highest BCUT2D eigenvalue weighted by Crippen LogP contribution is 2.33. The predicted octanol–water partition coefficient (Wildman–Crippen LogP) is 2.32. The van der Waals surface area contributed by atoms with E-state index in [-0.39, 0.29) is 10.5 Å². The second-order valence-corrected chi connectivity index (χ2v) is 9.33. The number of sulfone groups is 1. The van der Waals surface area contributed by atoms with E-state index < -0.39 is 15.7 Å². The summed E-state index contributed by atoms with van der Waals surface area (Å²) in [5.41, 5.74) is 0.842. The number of fused-ring (bicyclic) bond motifs is 1. The first kappa shape index (κ1) is 20.4. The largest absolute Gasteiger partial charge is 0.486 e. The summed E-state index contributed by atoms with van der Waals surface area (Å²) in [7, 11) is -3.54. The fourth-order valence-electron chi connectivity index (χ4n) is 3.45. The number of carbonyl (C=O) groups is 1. The lowest BCUT2D eigenvalue weighted by Gasteiger charge is -2.30. The van der Waals surface area contributed by atoms with E-state index in [0.717, 1.165) is 12.7 Å². The van der Waals surface area contributed by atoms with E-state index in [9.17, 15) is 13.2 Å². The molecule has 0 bridgehead atoms. The summed E-state index contributed by atoms with van der Waals surface area (Å²) < 4.78 is 35.3. The molecule has 1 saturated heterocycles. The molecule has 2 aliphatic rings. The summed E-state index contributed by atoms with van der Waals surface area (Å²) in [4.78, 5) is 13.2. The fraction of sp³-hybridized carbons (Fsp3) is 0.300. The zero-order chi connectivity index (χ0) is 21.3. The van der Waals surface area contributed by atoms with Crippen molar-refractivity contribution in [2.45, 2.75) is 11.3 Å². The predicted molar refractivity (Wildman–Crippen MR) is 116 cm³/mol. The van der Waals surface area contributed by atoms with Crippen LogP contribution in [-0.2, 0) is 9.84 Å². The molecular weight excluding hydrogens is 426 g/mol. The quantitative estimate of drug-likeness (QED) is 0.718. The van der Waals surface area contributed by atoms with Crippen molar-refractivity contribution in [3.63, 3.8) is 0 Å². The second kappa shape index (κ2) is 8.11. The lowest BCUT2D eigenvalue weighted by atomic mass is 10.2.